The Kier molecular flexibility index (Phi) is 14.0. The van der Waals surface area contributed by atoms with Crippen molar-refractivity contribution in [2.75, 3.05) is 12.8 Å². The monoisotopic (exact) mass is 520 g/mol. The van der Waals surface area contributed by atoms with E-state index in [-0.39, 0.29) is 25.0 Å². The summed E-state index contributed by atoms with van der Waals surface area (Å²) in [5.41, 5.74) is 0.827. The highest BCUT2D eigenvalue weighted by molar-refractivity contribution is 7.88. The molecule has 10 nitrogen and oxygen atoms in total. The molecule has 1 aromatic rings. The van der Waals surface area contributed by atoms with E-state index in [0.29, 0.717) is 25.2 Å². The smallest absolute Gasteiger partial charge is 0.426 e. The first-order valence-corrected chi connectivity index (χ1v) is 13.9. The number of hydrogen-bond acceptors (Lipinski definition) is 7. The van der Waals surface area contributed by atoms with E-state index in [2.05, 4.69) is 29.2 Å². The summed E-state index contributed by atoms with van der Waals surface area (Å²) in [6.45, 7) is 4.37. The Morgan fingerprint density at radius 1 is 1.14 bits per heavy atom. The molecule has 36 heavy (non-hydrogen) atoms. The lowest BCUT2D eigenvalue weighted by atomic mass is 9.75. The molecular formula is C24H37BN4O6S. The fraction of sp³-hybridized carbons (Fsp3) is 0.542. The number of rotatable bonds is 16. The number of carbonyl (C=O) groups is 2. The summed E-state index contributed by atoms with van der Waals surface area (Å²) in [6, 6.07) is 9.70. The van der Waals surface area contributed by atoms with E-state index in [0.717, 1.165) is 18.2 Å². The molecule has 0 saturated heterocycles. The normalized spacial score (nSPS) is 13.5. The number of nitriles is 1. The van der Waals surface area contributed by atoms with Gasteiger partial charge in [0.05, 0.1) is 12.2 Å². The number of allylic oxidation sites excluding steroid dienone is 1. The van der Waals surface area contributed by atoms with E-state index < -0.39 is 40.9 Å². The van der Waals surface area contributed by atoms with Crippen molar-refractivity contribution in [1.29, 1.82) is 5.26 Å². The van der Waals surface area contributed by atoms with Gasteiger partial charge in [-0.25, -0.2) is 13.1 Å². The quantitative estimate of drug-likeness (QED) is 0.0930. The fourth-order valence-electron chi connectivity index (χ4n) is 3.40. The molecule has 0 aliphatic carbocycles. The van der Waals surface area contributed by atoms with Crippen molar-refractivity contribution in [2.45, 2.75) is 64.4 Å². The number of hydrogen-bond donors (Lipinski definition) is 5. The SMILES string of the molecule is CC(C)CC/C=C(\C#N)C(=O)NCCCC[C@H](NS(C)(=O)=O)C(=O)N[C@@H](Cc1ccccc1)B(O)O. The fourth-order valence-corrected chi connectivity index (χ4v) is 4.15. The zero-order chi connectivity index (χ0) is 27.1. The van der Waals surface area contributed by atoms with Crippen molar-refractivity contribution in [3.8, 4) is 6.07 Å². The summed E-state index contributed by atoms with van der Waals surface area (Å²) in [4.78, 5) is 25.0. The van der Waals surface area contributed by atoms with Gasteiger partial charge in [-0.15, -0.1) is 0 Å². The molecule has 2 amide bonds. The first-order chi connectivity index (χ1) is 16.9. The minimum Gasteiger partial charge on any atom is -0.426 e. The van der Waals surface area contributed by atoms with E-state index >= 15 is 0 Å². The molecule has 0 bridgehead atoms. The van der Waals surface area contributed by atoms with Crippen LogP contribution in [-0.4, -0.2) is 62.2 Å². The van der Waals surface area contributed by atoms with E-state index in [1.807, 2.05) is 12.1 Å². The molecule has 1 rings (SSSR count). The second-order valence-corrected chi connectivity index (χ2v) is 10.9. The molecule has 12 heteroatoms. The zero-order valence-electron chi connectivity index (χ0n) is 21.1. The first kappa shape index (κ1) is 31.3. The predicted molar refractivity (Wildman–Crippen MR) is 139 cm³/mol. The van der Waals surface area contributed by atoms with Crippen molar-refractivity contribution in [1.82, 2.24) is 15.4 Å². The maximum absolute atomic E-state index is 12.8. The maximum Gasteiger partial charge on any atom is 0.475 e. The highest BCUT2D eigenvalue weighted by atomic mass is 32.2. The Morgan fingerprint density at radius 3 is 2.36 bits per heavy atom. The van der Waals surface area contributed by atoms with Gasteiger partial charge in [-0.2, -0.15) is 5.26 Å². The highest BCUT2D eigenvalue weighted by Gasteiger charge is 2.29. The number of carbonyl (C=O) groups excluding carboxylic acids is 2. The molecule has 5 N–H and O–H groups in total. The largest absolute Gasteiger partial charge is 0.475 e. The van der Waals surface area contributed by atoms with Crippen molar-refractivity contribution in [3.05, 3.63) is 47.5 Å². The van der Waals surface area contributed by atoms with Crippen LogP contribution in [-0.2, 0) is 26.0 Å². The summed E-state index contributed by atoms with van der Waals surface area (Å²) >= 11 is 0. The zero-order valence-corrected chi connectivity index (χ0v) is 21.9. The minimum absolute atomic E-state index is 0.0543. The van der Waals surface area contributed by atoms with Gasteiger partial charge in [0, 0.05) is 6.54 Å². The molecule has 0 aromatic heterocycles. The first-order valence-electron chi connectivity index (χ1n) is 12.0. The lowest BCUT2D eigenvalue weighted by molar-refractivity contribution is -0.123. The van der Waals surface area contributed by atoms with Crippen LogP contribution in [0, 0.1) is 17.2 Å². The van der Waals surface area contributed by atoms with Gasteiger partial charge >= 0.3 is 7.12 Å². The van der Waals surface area contributed by atoms with Crippen LogP contribution in [0.4, 0.5) is 0 Å². The Hall–Kier alpha value is -2.72. The van der Waals surface area contributed by atoms with Gasteiger partial charge in [0.2, 0.25) is 15.9 Å². The third kappa shape index (κ3) is 13.4. The van der Waals surface area contributed by atoms with Crippen LogP contribution < -0.4 is 15.4 Å². The van der Waals surface area contributed by atoms with Gasteiger partial charge in [0.15, 0.2) is 0 Å². The third-order valence-corrected chi connectivity index (χ3v) is 6.03. The predicted octanol–water partition coefficient (Wildman–Crippen LogP) is 0.816. The van der Waals surface area contributed by atoms with E-state index in [9.17, 15) is 33.3 Å². The minimum atomic E-state index is -3.72. The molecule has 0 heterocycles. The number of nitrogens with zero attached hydrogens (tertiary/aromatic N) is 1. The van der Waals surface area contributed by atoms with E-state index in [1.54, 1.807) is 30.3 Å². The second kappa shape index (κ2) is 16.1. The van der Waals surface area contributed by atoms with Crippen LogP contribution in [0.5, 0.6) is 0 Å². The molecule has 2 atom stereocenters. The molecule has 198 valence electrons. The molecule has 0 radical (unpaired) electrons. The molecule has 0 spiro atoms. The van der Waals surface area contributed by atoms with Crippen LogP contribution >= 0.6 is 0 Å². The standard InChI is InChI=1S/C24H37BN4O6S/c1-18(2)10-9-13-20(17-26)23(30)27-15-8-7-14-21(29-36(3,34)35)24(31)28-22(25(32)33)16-19-11-5-4-6-12-19/h4-6,11-13,18,21-22,29,32-33H,7-10,14-16H2,1-3H3,(H,27,30)(H,28,31)/b20-13+/t21-,22-/m0/s1. The van der Waals surface area contributed by atoms with Gasteiger partial charge < -0.3 is 20.7 Å². The van der Waals surface area contributed by atoms with Crippen LogP contribution in [0.1, 0.15) is 51.5 Å². The molecule has 0 fully saturated rings. The molecule has 0 aliphatic heterocycles. The van der Waals surface area contributed by atoms with Crippen LogP contribution in [0.25, 0.3) is 0 Å². The van der Waals surface area contributed by atoms with Gasteiger partial charge in [-0.3, -0.25) is 9.59 Å². The lowest BCUT2D eigenvalue weighted by Crippen LogP contribution is -2.54. The van der Waals surface area contributed by atoms with E-state index in [1.165, 1.54) is 0 Å². The number of nitrogens with one attached hydrogen (secondary N) is 3. The number of sulfonamides is 1. The molecule has 0 saturated carbocycles. The summed E-state index contributed by atoms with van der Waals surface area (Å²) in [7, 11) is -5.56. The van der Waals surface area contributed by atoms with Crippen molar-refractivity contribution >= 4 is 29.0 Å². The highest BCUT2D eigenvalue weighted by Crippen LogP contribution is 2.09. The Bertz CT molecular complexity index is 1010. The van der Waals surface area contributed by atoms with Crippen molar-refractivity contribution < 1.29 is 28.1 Å². The lowest BCUT2D eigenvalue weighted by Gasteiger charge is -2.22. The Balaban J connectivity index is 2.65. The maximum atomic E-state index is 12.8. The van der Waals surface area contributed by atoms with Crippen LogP contribution in [0.2, 0.25) is 0 Å². The number of benzene rings is 1. The topological polar surface area (TPSA) is 169 Å². The van der Waals surface area contributed by atoms with Gasteiger partial charge in [0.1, 0.15) is 17.7 Å². The third-order valence-electron chi connectivity index (χ3n) is 5.32. The Morgan fingerprint density at radius 2 is 1.81 bits per heavy atom. The average molecular weight is 520 g/mol. The average Bonchev–Trinajstić information content (AvgIpc) is 2.79. The summed E-state index contributed by atoms with van der Waals surface area (Å²) in [6.07, 6.45) is 5.17. The molecule has 0 unspecified atom stereocenters. The van der Waals surface area contributed by atoms with Gasteiger partial charge in [-0.05, 0) is 50.0 Å². The van der Waals surface area contributed by atoms with E-state index in [4.69, 9.17) is 0 Å². The molecule has 1 aromatic carbocycles. The van der Waals surface area contributed by atoms with Crippen LogP contribution in [0.3, 0.4) is 0 Å². The van der Waals surface area contributed by atoms with Gasteiger partial charge in [0.25, 0.3) is 5.91 Å². The van der Waals surface area contributed by atoms with Crippen molar-refractivity contribution in [2.24, 2.45) is 5.92 Å². The molecule has 0 aliphatic rings. The summed E-state index contributed by atoms with van der Waals surface area (Å²) in [5, 5.41) is 33.8. The molecular weight excluding hydrogens is 483 g/mol. The van der Waals surface area contributed by atoms with Crippen molar-refractivity contribution in [3.63, 3.8) is 0 Å². The number of unbranched alkanes of at least 4 members (excludes halogenated alkanes) is 1. The Labute approximate surface area is 214 Å². The van der Waals surface area contributed by atoms with Crippen LogP contribution in [0.15, 0.2) is 42.0 Å². The number of amides is 2. The summed E-state index contributed by atoms with van der Waals surface area (Å²) < 4.78 is 25.9. The van der Waals surface area contributed by atoms with Gasteiger partial charge in [-0.1, -0.05) is 50.3 Å². The summed E-state index contributed by atoms with van der Waals surface area (Å²) in [5.74, 6) is -1.72. The second-order valence-electron chi connectivity index (χ2n) is 9.11.